The van der Waals surface area contributed by atoms with Crippen LogP contribution in [0.25, 0.3) is 0 Å². The molecule has 0 radical (unpaired) electrons. The van der Waals surface area contributed by atoms with E-state index in [-0.39, 0.29) is 11.3 Å². The molecule has 18 heavy (non-hydrogen) atoms. The lowest BCUT2D eigenvalue weighted by Crippen LogP contribution is -2.49. The zero-order valence-electron chi connectivity index (χ0n) is 10.3. The number of hydrogen-bond acceptors (Lipinski definition) is 4. The van der Waals surface area contributed by atoms with Crippen molar-refractivity contribution in [1.82, 2.24) is 5.43 Å². The summed E-state index contributed by atoms with van der Waals surface area (Å²) in [5, 5.41) is 23.0. The number of hydrogen-bond donors (Lipinski definition) is 3. The molecule has 1 aromatic carbocycles. The molecule has 0 bridgehead atoms. The first-order chi connectivity index (χ1) is 8.18. The molecule has 0 aromatic heterocycles. The predicted octanol–water partition coefficient (Wildman–Crippen LogP) is 1.71. The van der Waals surface area contributed by atoms with Gasteiger partial charge in [-0.1, -0.05) is 0 Å². The first-order valence-electron chi connectivity index (χ1n) is 5.43. The van der Waals surface area contributed by atoms with E-state index in [0.717, 1.165) is 6.07 Å². The number of aliphatic hydroxyl groups is 1. The fourth-order valence-electron chi connectivity index (χ4n) is 1.79. The molecule has 0 fully saturated rings. The maximum absolute atomic E-state index is 13.8. The van der Waals surface area contributed by atoms with Gasteiger partial charge in [-0.2, -0.15) is 9.49 Å². The Labute approximate surface area is 103 Å². The van der Waals surface area contributed by atoms with Crippen LogP contribution in [0.2, 0.25) is 0 Å². The number of phenolic OH excluding ortho intramolecular Hbond substituents is 1. The fraction of sp³-hybridized carbons (Fsp3) is 0.417. The van der Waals surface area contributed by atoms with Crippen molar-refractivity contribution >= 4 is 5.71 Å². The maximum atomic E-state index is 13.8. The highest BCUT2D eigenvalue weighted by Crippen LogP contribution is 2.38. The van der Waals surface area contributed by atoms with Crippen molar-refractivity contribution in [2.45, 2.75) is 26.5 Å². The minimum Gasteiger partial charge on any atom is -0.505 e. The van der Waals surface area contributed by atoms with Gasteiger partial charge in [0.05, 0.1) is 11.1 Å². The quantitative estimate of drug-likeness (QED) is 0.716. The highest BCUT2D eigenvalue weighted by molar-refractivity contribution is 6.06. The van der Waals surface area contributed by atoms with Crippen molar-refractivity contribution in [1.29, 1.82) is 0 Å². The largest absolute Gasteiger partial charge is 0.505 e. The van der Waals surface area contributed by atoms with E-state index in [4.69, 9.17) is 5.11 Å². The maximum Gasteiger partial charge on any atom is 0.201 e. The summed E-state index contributed by atoms with van der Waals surface area (Å²) < 4.78 is 27.1. The Morgan fingerprint density at radius 1 is 1.17 bits per heavy atom. The topological polar surface area (TPSA) is 64.9 Å². The summed E-state index contributed by atoms with van der Waals surface area (Å²) in [7, 11) is 0. The summed E-state index contributed by atoms with van der Waals surface area (Å²) in [4.78, 5) is 0. The number of nitrogens with one attached hydrogen (secondary N) is 1. The fourth-order valence-corrected chi connectivity index (χ4v) is 1.79. The monoisotopic (exact) mass is 256 g/mol. The number of hydrazone groups is 1. The van der Waals surface area contributed by atoms with Crippen LogP contribution >= 0.6 is 0 Å². The summed E-state index contributed by atoms with van der Waals surface area (Å²) in [5.74, 6) is -3.26. The second-order valence-corrected chi connectivity index (χ2v) is 5.03. The Kier molecular flexibility index (Phi) is 2.59. The van der Waals surface area contributed by atoms with E-state index in [1.807, 2.05) is 0 Å². The van der Waals surface area contributed by atoms with E-state index in [1.165, 1.54) is 13.0 Å². The molecule has 1 aromatic rings. The molecule has 0 saturated carbocycles. The van der Waals surface area contributed by atoms with Crippen LogP contribution in [0.3, 0.4) is 0 Å². The van der Waals surface area contributed by atoms with Gasteiger partial charge in [0, 0.05) is 5.56 Å². The molecule has 1 atom stereocenters. The Morgan fingerprint density at radius 3 is 2.28 bits per heavy atom. The number of halogens is 2. The molecule has 1 aliphatic heterocycles. The third-order valence-corrected chi connectivity index (χ3v) is 3.51. The van der Waals surface area contributed by atoms with Gasteiger partial charge >= 0.3 is 0 Å². The second kappa shape index (κ2) is 3.65. The number of rotatable bonds is 1. The minimum atomic E-state index is -1.36. The van der Waals surface area contributed by atoms with Gasteiger partial charge in [-0.15, -0.1) is 0 Å². The van der Waals surface area contributed by atoms with Crippen LogP contribution in [0.15, 0.2) is 17.2 Å². The molecule has 1 heterocycles. The molecule has 2 rings (SSSR count). The van der Waals surface area contributed by atoms with Crippen molar-refractivity contribution in [3.05, 3.63) is 29.3 Å². The van der Waals surface area contributed by atoms with E-state index >= 15 is 0 Å². The molecular formula is C12H14F2N2O2. The van der Waals surface area contributed by atoms with Crippen LogP contribution in [0, 0.1) is 17.0 Å². The Hall–Kier alpha value is -1.69. The standard InChI is InChI=1S/C12H14F2N2O2/c1-11(2)10(15-16-12(11,3)18)6-4-5-7(17)9(14)8(6)13/h4-5,16-18H,1-3H3/t12-/m0/s1. The highest BCUT2D eigenvalue weighted by Gasteiger charge is 2.49. The van der Waals surface area contributed by atoms with E-state index in [0.29, 0.717) is 0 Å². The number of nitrogens with zero attached hydrogens (tertiary/aromatic N) is 1. The van der Waals surface area contributed by atoms with Crippen molar-refractivity contribution in [3.63, 3.8) is 0 Å². The molecule has 1 aliphatic rings. The molecule has 0 aliphatic carbocycles. The van der Waals surface area contributed by atoms with Gasteiger partial charge in [0.2, 0.25) is 5.82 Å². The molecule has 0 unspecified atom stereocenters. The van der Waals surface area contributed by atoms with Crippen LogP contribution in [0.5, 0.6) is 5.75 Å². The molecule has 3 N–H and O–H groups in total. The Morgan fingerprint density at radius 2 is 1.78 bits per heavy atom. The molecule has 0 amide bonds. The summed E-state index contributed by atoms with van der Waals surface area (Å²) in [6.07, 6.45) is 0. The van der Waals surface area contributed by atoms with E-state index in [1.54, 1.807) is 13.8 Å². The molecule has 0 saturated heterocycles. The van der Waals surface area contributed by atoms with Crippen molar-refractivity contribution in [2.24, 2.45) is 10.5 Å². The third-order valence-electron chi connectivity index (χ3n) is 3.51. The molecule has 98 valence electrons. The van der Waals surface area contributed by atoms with Gasteiger partial charge in [0.1, 0.15) is 0 Å². The Bertz CT molecular complexity index is 539. The van der Waals surface area contributed by atoms with Crippen molar-refractivity contribution < 1.29 is 19.0 Å². The lowest BCUT2D eigenvalue weighted by Gasteiger charge is -2.33. The van der Waals surface area contributed by atoms with Gasteiger partial charge < -0.3 is 10.2 Å². The summed E-state index contributed by atoms with van der Waals surface area (Å²) in [5.41, 5.74) is 0.340. The average molecular weight is 256 g/mol. The van der Waals surface area contributed by atoms with Gasteiger partial charge in [0.25, 0.3) is 0 Å². The average Bonchev–Trinajstić information content (AvgIpc) is 2.48. The summed E-state index contributed by atoms with van der Waals surface area (Å²) >= 11 is 0. The molecule has 0 spiro atoms. The minimum absolute atomic E-state index is 0.0828. The van der Waals surface area contributed by atoms with Gasteiger partial charge in [-0.25, -0.2) is 4.39 Å². The van der Waals surface area contributed by atoms with E-state index < -0.39 is 28.5 Å². The summed E-state index contributed by atoms with van der Waals surface area (Å²) in [6.45, 7) is 4.82. The third kappa shape index (κ3) is 1.56. The van der Waals surface area contributed by atoms with Crippen LogP contribution < -0.4 is 5.43 Å². The summed E-state index contributed by atoms with van der Waals surface area (Å²) in [6, 6.07) is 2.29. The van der Waals surface area contributed by atoms with Crippen LogP contribution in [0.1, 0.15) is 26.3 Å². The van der Waals surface area contributed by atoms with Gasteiger partial charge in [0.15, 0.2) is 17.3 Å². The molecule has 6 heteroatoms. The normalized spacial score (nSPS) is 25.8. The predicted molar refractivity (Wildman–Crippen MR) is 62.1 cm³/mol. The number of benzene rings is 1. The zero-order valence-corrected chi connectivity index (χ0v) is 10.3. The number of phenols is 1. The van der Waals surface area contributed by atoms with Crippen LogP contribution in [0.4, 0.5) is 8.78 Å². The van der Waals surface area contributed by atoms with E-state index in [2.05, 4.69) is 10.5 Å². The van der Waals surface area contributed by atoms with Crippen LogP contribution in [-0.2, 0) is 0 Å². The first-order valence-corrected chi connectivity index (χ1v) is 5.43. The van der Waals surface area contributed by atoms with Crippen molar-refractivity contribution in [2.75, 3.05) is 0 Å². The second-order valence-electron chi connectivity index (χ2n) is 5.03. The first kappa shape index (κ1) is 12.8. The van der Waals surface area contributed by atoms with Crippen molar-refractivity contribution in [3.8, 4) is 5.75 Å². The SMILES string of the molecule is CC1(C)C(c2ccc(O)c(F)c2F)=NN[C@@]1(C)O. The zero-order chi connectivity index (χ0) is 13.7. The van der Waals surface area contributed by atoms with Crippen LogP contribution in [-0.4, -0.2) is 21.6 Å². The Balaban J connectivity index is 2.56. The molecule has 4 nitrogen and oxygen atoms in total. The lowest BCUT2D eigenvalue weighted by atomic mass is 9.76. The highest BCUT2D eigenvalue weighted by atomic mass is 19.2. The lowest BCUT2D eigenvalue weighted by molar-refractivity contribution is -0.0314. The van der Waals surface area contributed by atoms with E-state index in [9.17, 15) is 13.9 Å². The molecular weight excluding hydrogens is 242 g/mol. The number of aromatic hydroxyl groups is 1. The smallest absolute Gasteiger partial charge is 0.201 e. The van der Waals surface area contributed by atoms with Gasteiger partial charge in [-0.3, -0.25) is 5.43 Å². The van der Waals surface area contributed by atoms with Gasteiger partial charge in [-0.05, 0) is 32.9 Å².